The summed E-state index contributed by atoms with van der Waals surface area (Å²) in [5.41, 5.74) is 0.122. The third-order valence-electron chi connectivity index (χ3n) is 4.41. The van der Waals surface area contributed by atoms with Crippen LogP contribution < -0.4 is 4.72 Å². The van der Waals surface area contributed by atoms with Gasteiger partial charge in [-0.25, -0.2) is 8.42 Å². The number of furan rings is 1. The highest BCUT2D eigenvalue weighted by molar-refractivity contribution is 7.89. The molecule has 7 heteroatoms. The summed E-state index contributed by atoms with van der Waals surface area (Å²) < 4.78 is 33.0. The molecular weight excluding hydrogens is 330 g/mol. The van der Waals surface area contributed by atoms with Crippen LogP contribution in [0.3, 0.4) is 0 Å². The predicted octanol–water partition coefficient (Wildman–Crippen LogP) is 2.84. The zero-order valence-electron chi connectivity index (χ0n) is 13.8. The molecule has 1 aromatic heterocycles. The number of aryl methyl sites for hydroxylation is 2. The van der Waals surface area contributed by atoms with E-state index in [9.17, 15) is 13.2 Å². The smallest absolute Gasteiger partial charge is 0.324 e. The first-order valence-corrected chi connectivity index (χ1v) is 9.51. The Labute approximate surface area is 140 Å². The molecule has 0 aliphatic heterocycles. The summed E-state index contributed by atoms with van der Waals surface area (Å²) in [7, 11) is -3.95. The van der Waals surface area contributed by atoms with Crippen LogP contribution in [0.2, 0.25) is 0 Å². The molecule has 0 fully saturated rings. The summed E-state index contributed by atoms with van der Waals surface area (Å²) in [5.74, 6) is -0.298. The van der Waals surface area contributed by atoms with E-state index in [0.717, 1.165) is 36.8 Å². The van der Waals surface area contributed by atoms with Crippen LogP contribution in [0.5, 0.6) is 0 Å². The normalized spacial score (nSPS) is 15.9. The van der Waals surface area contributed by atoms with Gasteiger partial charge in [-0.1, -0.05) is 6.42 Å². The van der Waals surface area contributed by atoms with Crippen molar-refractivity contribution in [2.45, 2.75) is 56.4 Å². The van der Waals surface area contributed by atoms with Gasteiger partial charge in [0.2, 0.25) is 10.0 Å². The summed E-state index contributed by atoms with van der Waals surface area (Å²) in [6, 6.07) is 4.73. The number of carboxylic acid groups (broad SMARTS) is 1. The molecule has 1 aromatic carbocycles. The van der Waals surface area contributed by atoms with Crippen molar-refractivity contribution in [2.75, 3.05) is 0 Å². The summed E-state index contributed by atoms with van der Waals surface area (Å²) in [5, 5.41) is 10.1. The summed E-state index contributed by atoms with van der Waals surface area (Å²) in [6.07, 6.45) is 5.17. The van der Waals surface area contributed by atoms with Crippen molar-refractivity contribution in [1.29, 1.82) is 0 Å². The van der Waals surface area contributed by atoms with Crippen molar-refractivity contribution in [2.24, 2.45) is 0 Å². The van der Waals surface area contributed by atoms with Crippen LogP contribution in [-0.4, -0.2) is 25.0 Å². The number of carbonyl (C=O) groups is 1. The molecule has 1 aliphatic carbocycles. The molecule has 0 amide bonds. The molecule has 0 unspecified atom stereocenters. The van der Waals surface area contributed by atoms with E-state index in [0.29, 0.717) is 5.58 Å². The first-order valence-electron chi connectivity index (χ1n) is 8.02. The van der Waals surface area contributed by atoms with Gasteiger partial charge in [0.1, 0.15) is 16.9 Å². The molecule has 130 valence electrons. The lowest BCUT2D eigenvalue weighted by Gasteiger charge is -2.20. The number of sulfonamides is 1. The maximum Gasteiger partial charge on any atom is 0.324 e. The monoisotopic (exact) mass is 351 g/mol. The molecule has 1 aliphatic rings. The van der Waals surface area contributed by atoms with E-state index in [4.69, 9.17) is 9.52 Å². The van der Waals surface area contributed by atoms with E-state index >= 15 is 0 Å². The fourth-order valence-electron chi connectivity index (χ4n) is 3.03. The fraction of sp³-hybridized carbons (Fsp3) is 0.471. The van der Waals surface area contributed by atoms with Gasteiger partial charge in [0.15, 0.2) is 0 Å². The molecule has 24 heavy (non-hydrogen) atoms. The predicted molar refractivity (Wildman–Crippen MR) is 89.5 cm³/mol. The zero-order valence-corrected chi connectivity index (χ0v) is 14.6. The van der Waals surface area contributed by atoms with Crippen LogP contribution in [0, 0.1) is 0 Å². The average Bonchev–Trinajstić information content (AvgIpc) is 2.67. The van der Waals surface area contributed by atoms with E-state index < -0.39 is 21.5 Å². The minimum Gasteiger partial charge on any atom is -0.480 e. The highest BCUT2D eigenvalue weighted by Crippen LogP contribution is 2.32. The van der Waals surface area contributed by atoms with Crippen molar-refractivity contribution in [3.63, 3.8) is 0 Å². The number of rotatable bonds is 4. The molecule has 0 radical (unpaired) electrons. The lowest BCUT2D eigenvalue weighted by atomic mass is 10.1. The first kappa shape index (κ1) is 17.0. The Morgan fingerprint density at radius 2 is 1.92 bits per heavy atom. The van der Waals surface area contributed by atoms with Gasteiger partial charge in [-0.15, -0.1) is 0 Å². The molecule has 1 heterocycles. The van der Waals surface area contributed by atoms with Gasteiger partial charge in [0.25, 0.3) is 0 Å². The highest BCUT2D eigenvalue weighted by atomic mass is 32.2. The second-order valence-corrected chi connectivity index (χ2v) is 8.44. The first-order chi connectivity index (χ1) is 11.2. The third kappa shape index (κ3) is 3.06. The quantitative estimate of drug-likeness (QED) is 0.826. The average molecular weight is 351 g/mol. The molecule has 2 aromatic rings. The summed E-state index contributed by atoms with van der Waals surface area (Å²) >= 11 is 0. The molecular formula is C17H21NO5S. The Morgan fingerprint density at radius 1 is 1.21 bits per heavy atom. The van der Waals surface area contributed by atoms with Crippen LogP contribution in [0.1, 0.15) is 44.4 Å². The van der Waals surface area contributed by atoms with E-state index in [1.165, 1.54) is 38.0 Å². The minimum absolute atomic E-state index is 0.00762. The largest absolute Gasteiger partial charge is 0.480 e. The maximum atomic E-state index is 12.5. The lowest BCUT2D eigenvalue weighted by Crippen LogP contribution is -2.49. The summed E-state index contributed by atoms with van der Waals surface area (Å²) in [4.78, 5) is 11.2. The van der Waals surface area contributed by atoms with E-state index in [2.05, 4.69) is 4.72 Å². The summed E-state index contributed by atoms with van der Waals surface area (Å²) in [6.45, 7) is 2.61. The molecule has 6 nitrogen and oxygen atoms in total. The Bertz CT molecular complexity index is 895. The van der Waals surface area contributed by atoms with Crippen LogP contribution >= 0.6 is 0 Å². The van der Waals surface area contributed by atoms with Gasteiger partial charge < -0.3 is 9.52 Å². The standard InChI is InChI=1S/C17H21NO5S/c1-17(2,16(19)20)18-24(21,22)11-8-9-13-12-6-4-3-5-7-14(12)23-15(13)10-11/h8-10,18H,3-7H2,1-2H3,(H,19,20). The Balaban J connectivity index is 2.01. The van der Waals surface area contributed by atoms with Crippen LogP contribution in [0.4, 0.5) is 0 Å². The molecule has 0 spiro atoms. The number of benzene rings is 1. The number of hydrogen-bond acceptors (Lipinski definition) is 4. The Kier molecular flexibility index (Phi) is 4.17. The molecule has 0 saturated carbocycles. The van der Waals surface area contributed by atoms with Crippen molar-refractivity contribution in [3.05, 3.63) is 29.5 Å². The highest BCUT2D eigenvalue weighted by Gasteiger charge is 2.33. The van der Waals surface area contributed by atoms with Gasteiger partial charge in [-0.2, -0.15) is 4.72 Å². The number of hydrogen-bond donors (Lipinski definition) is 2. The number of carboxylic acids is 1. The van der Waals surface area contributed by atoms with E-state index in [-0.39, 0.29) is 4.90 Å². The van der Waals surface area contributed by atoms with Gasteiger partial charge >= 0.3 is 5.97 Å². The zero-order chi connectivity index (χ0) is 17.5. The van der Waals surface area contributed by atoms with Gasteiger partial charge in [-0.3, -0.25) is 4.79 Å². The van der Waals surface area contributed by atoms with E-state index in [1.54, 1.807) is 6.07 Å². The molecule has 0 bridgehead atoms. The number of fused-ring (bicyclic) bond motifs is 3. The Morgan fingerprint density at radius 3 is 2.62 bits per heavy atom. The van der Waals surface area contributed by atoms with E-state index in [1.807, 2.05) is 0 Å². The van der Waals surface area contributed by atoms with Crippen molar-refractivity contribution >= 4 is 27.0 Å². The van der Waals surface area contributed by atoms with Crippen molar-refractivity contribution in [3.8, 4) is 0 Å². The van der Waals surface area contributed by atoms with Crippen LogP contribution in [-0.2, 0) is 27.7 Å². The second-order valence-electron chi connectivity index (χ2n) is 6.76. The lowest BCUT2D eigenvalue weighted by molar-refractivity contribution is -0.142. The van der Waals surface area contributed by atoms with Crippen LogP contribution in [0.15, 0.2) is 27.5 Å². The minimum atomic E-state index is -3.95. The fourth-order valence-corrected chi connectivity index (χ4v) is 4.41. The number of aliphatic carboxylic acids is 1. The SMILES string of the molecule is CC(C)(NS(=O)(=O)c1ccc2c3c(oc2c1)CCCCC3)C(=O)O. The van der Waals surface area contributed by atoms with Gasteiger partial charge in [0.05, 0.1) is 4.90 Å². The second kappa shape index (κ2) is 5.89. The number of nitrogens with one attached hydrogen (secondary N) is 1. The van der Waals surface area contributed by atoms with Crippen LogP contribution in [0.25, 0.3) is 11.0 Å². The van der Waals surface area contributed by atoms with Gasteiger partial charge in [-0.05, 0) is 45.2 Å². The molecule has 0 saturated heterocycles. The molecule has 0 atom stereocenters. The maximum absolute atomic E-state index is 12.5. The third-order valence-corrected chi connectivity index (χ3v) is 6.07. The topological polar surface area (TPSA) is 96.6 Å². The molecule has 2 N–H and O–H groups in total. The van der Waals surface area contributed by atoms with Crippen molar-refractivity contribution < 1.29 is 22.7 Å². The van der Waals surface area contributed by atoms with Crippen molar-refractivity contribution in [1.82, 2.24) is 4.72 Å². The van der Waals surface area contributed by atoms with Gasteiger partial charge in [0, 0.05) is 23.4 Å². The molecule has 3 rings (SSSR count). The Hall–Kier alpha value is -1.86.